The Bertz CT molecular complexity index is 523. The van der Waals surface area contributed by atoms with Crippen LogP contribution in [0.1, 0.15) is 43.7 Å². The van der Waals surface area contributed by atoms with E-state index in [0.29, 0.717) is 0 Å². The summed E-state index contributed by atoms with van der Waals surface area (Å²) < 4.78 is 6.34. The van der Waals surface area contributed by atoms with Gasteiger partial charge in [0.05, 0.1) is 6.04 Å². The van der Waals surface area contributed by atoms with Gasteiger partial charge >= 0.3 is 0 Å². The van der Waals surface area contributed by atoms with Gasteiger partial charge in [-0.1, -0.05) is 30.7 Å². The van der Waals surface area contributed by atoms with E-state index in [1.807, 2.05) is 24.3 Å². The Labute approximate surface area is 127 Å². The highest BCUT2D eigenvalue weighted by atomic mass is 79.9. The smallest absolute Gasteiger partial charge is 0.169 e. The first-order chi connectivity index (χ1) is 9.10. The van der Waals surface area contributed by atoms with Crippen LogP contribution in [0, 0.1) is 0 Å². The van der Waals surface area contributed by atoms with E-state index in [2.05, 4.69) is 47.2 Å². The predicted octanol–water partition coefficient (Wildman–Crippen LogP) is 5.50. The van der Waals surface area contributed by atoms with E-state index >= 15 is 0 Å². The summed E-state index contributed by atoms with van der Waals surface area (Å²) in [5.41, 5.74) is 1.24. The first-order valence-corrected chi connectivity index (χ1v) is 7.54. The molecular formula is C15H17BrClNO. The van der Waals surface area contributed by atoms with Crippen LogP contribution in [-0.4, -0.2) is 0 Å². The lowest BCUT2D eigenvalue weighted by Crippen LogP contribution is -2.23. The zero-order valence-corrected chi connectivity index (χ0v) is 13.3. The van der Waals surface area contributed by atoms with Crippen LogP contribution in [0.2, 0.25) is 5.02 Å². The molecule has 0 saturated carbocycles. The van der Waals surface area contributed by atoms with Crippen molar-refractivity contribution in [3.8, 4) is 0 Å². The quantitative estimate of drug-likeness (QED) is 0.776. The second-order valence-electron chi connectivity index (χ2n) is 4.54. The van der Waals surface area contributed by atoms with Crippen molar-refractivity contribution in [2.45, 2.75) is 32.4 Å². The molecule has 0 aliphatic carbocycles. The molecule has 1 heterocycles. The second kappa shape index (κ2) is 6.60. The molecule has 0 fully saturated rings. The van der Waals surface area contributed by atoms with Crippen LogP contribution < -0.4 is 5.32 Å². The normalized spacial score (nSPS) is 14.3. The van der Waals surface area contributed by atoms with E-state index in [1.165, 1.54) is 5.56 Å². The molecule has 1 aromatic heterocycles. The average molecular weight is 343 g/mol. The van der Waals surface area contributed by atoms with E-state index < -0.39 is 0 Å². The lowest BCUT2D eigenvalue weighted by molar-refractivity contribution is 0.379. The van der Waals surface area contributed by atoms with Gasteiger partial charge in [-0.3, -0.25) is 0 Å². The standard InChI is InChI=1S/C15H17BrClNO/c1-3-13(11-4-6-12(17)7-5-11)18-10(2)14-8-9-15(16)19-14/h4-10,13,18H,3H2,1-2H3. The topological polar surface area (TPSA) is 25.2 Å². The molecule has 2 unspecified atom stereocenters. The maximum Gasteiger partial charge on any atom is 0.169 e. The summed E-state index contributed by atoms with van der Waals surface area (Å²) in [6.07, 6.45) is 1.01. The maximum atomic E-state index is 5.92. The number of benzene rings is 1. The third-order valence-corrected chi connectivity index (χ3v) is 3.83. The molecule has 2 rings (SSSR count). The molecule has 0 radical (unpaired) electrons. The van der Waals surface area contributed by atoms with Crippen LogP contribution in [0.15, 0.2) is 45.5 Å². The minimum Gasteiger partial charge on any atom is -0.453 e. The van der Waals surface area contributed by atoms with Gasteiger partial charge in [-0.25, -0.2) is 0 Å². The molecule has 1 aromatic carbocycles. The zero-order valence-electron chi connectivity index (χ0n) is 11.0. The maximum absolute atomic E-state index is 5.92. The fourth-order valence-corrected chi connectivity index (χ4v) is 2.53. The summed E-state index contributed by atoms with van der Waals surface area (Å²) in [6.45, 7) is 4.26. The number of nitrogens with one attached hydrogen (secondary N) is 1. The van der Waals surface area contributed by atoms with Gasteiger partial charge in [0.2, 0.25) is 0 Å². The molecule has 2 atom stereocenters. The van der Waals surface area contributed by atoms with Crippen LogP contribution in [0.4, 0.5) is 0 Å². The van der Waals surface area contributed by atoms with Crippen molar-refractivity contribution in [1.29, 1.82) is 0 Å². The lowest BCUT2D eigenvalue weighted by Gasteiger charge is -2.21. The number of halogens is 2. The zero-order chi connectivity index (χ0) is 13.8. The summed E-state index contributed by atoms with van der Waals surface area (Å²) in [7, 11) is 0. The van der Waals surface area contributed by atoms with E-state index in [4.69, 9.17) is 16.0 Å². The van der Waals surface area contributed by atoms with Crippen molar-refractivity contribution in [3.05, 3.63) is 57.4 Å². The molecule has 19 heavy (non-hydrogen) atoms. The minimum absolute atomic E-state index is 0.159. The van der Waals surface area contributed by atoms with Gasteiger partial charge in [-0.15, -0.1) is 0 Å². The largest absolute Gasteiger partial charge is 0.453 e. The van der Waals surface area contributed by atoms with Crippen LogP contribution in [0.3, 0.4) is 0 Å². The first kappa shape index (κ1) is 14.6. The highest BCUT2D eigenvalue weighted by Gasteiger charge is 2.16. The van der Waals surface area contributed by atoms with E-state index in [1.54, 1.807) is 0 Å². The molecule has 0 aliphatic rings. The molecular weight excluding hydrogens is 326 g/mol. The van der Waals surface area contributed by atoms with Crippen LogP contribution >= 0.6 is 27.5 Å². The summed E-state index contributed by atoms with van der Waals surface area (Å²) in [5, 5.41) is 4.34. The van der Waals surface area contributed by atoms with E-state index in [9.17, 15) is 0 Å². The molecule has 0 bridgehead atoms. The molecule has 0 aliphatic heterocycles. The predicted molar refractivity (Wildman–Crippen MR) is 82.4 cm³/mol. The van der Waals surface area contributed by atoms with Crippen molar-refractivity contribution in [2.75, 3.05) is 0 Å². The third-order valence-electron chi connectivity index (χ3n) is 3.15. The van der Waals surface area contributed by atoms with Gasteiger partial charge in [0.15, 0.2) is 4.67 Å². The Morgan fingerprint density at radius 2 is 1.89 bits per heavy atom. The number of furan rings is 1. The van der Waals surface area contributed by atoms with Crippen molar-refractivity contribution in [2.24, 2.45) is 0 Å². The van der Waals surface area contributed by atoms with Crippen molar-refractivity contribution in [1.82, 2.24) is 5.32 Å². The minimum atomic E-state index is 0.159. The van der Waals surface area contributed by atoms with Gasteiger partial charge in [0, 0.05) is 11.1 Å². The summed E-state index contributed by atoms with van der Waals surface area (Å²) in [4.78, 5) is 0. The number of rotatable bonds is 5. The lowest BCUT2D eigenvalue weighted by atomic mass is 10.0. The first-order valence-electron chi connectivity index (χ1n) is 6.37. The van der Waals surface area contributed by atoms with Crippen LogP contribution in [0.25, 0.3) is 0 Å². The molecule has 2 nitrogen and oxygen atoms in total. The summed E-state index contributed by atoms with van der Waals surface area (Å²) in [6, 6.07) is 12.3. The Hall–Kier alpha value is -0.770. The number of hydrogen-bond acceptors (Lipinski definition) is 2. The Balaban J connectivity index is 2.08. The van der Waals surface area contributed by atoms with Crippen LogP contribution in [-0.2, 0) is 0 Å². The van der Waals surface area contributed by atoms with Gasteiger partial charge in [-0.2, -0.15) is 0 Å². The third kappa shape index (κ3) is 3.85. The highest BCUT2D eigenvalue weighted by molar-refractivity contribution is 9.10. The highest BCUT2D eigenvalue weighted by Crippen LogP contribution is 2.25. The van der Waals surface area contributed by atoms with Crippen LogP contribution in [0.5, 0.6) is 0 Å². The van der Waals surface area contributed by atoms with Crippen molar-refractivity contribution < 1.29 is 4.42 Å². The second-order valence-corrected chi connectivity index (χ2v) is 5.76. The van der Waals surface area contributed by atoms with E-state index in [-0.39, 0.29) is 12.1 Å². The molecule has 0 amide bonds. The molecule has 4 heteroatoms. The summed E-state index contributed by atoms with van der Waals surface area (Å²) in [5.74, 6) is 0.930. The fourth-order valence-electron chi connectivity index (χ4n) is 2.09. The summed E-state index contributed by atoms with van der Waals surface area (Å²) >= 11 is 9.25. The monoisotopic (exact) mass is 341 g/mol. The van der Waals surface area contributed by atoms with Gasteiger partial charge in [0.25, 0.3) is 0 Å². The number of hydrogen-bond donors (Lipinski definition) is 1. The Morgan fingerprint density at radius 3 is 2.42 bits per heavy atom. The SMILES string of the molecule is CCC(NC(C)c1ccc(Br)o1)c1ccc(Cl)cc1. The molecule has 2 aromatic rings. The molecule has 1 N–H and O–H groups in total. The molecule has 0 spiro atoms. The van der Waals surface area contributed by atoms with Gasteiger partial charge in [-0.05, 0) is 59.1 Å². The van der Waals surface area contributed by atoms with Crippen molar-refractivity contribution in [3.63, 3.8) is 0 Å². The Kier molecular flexibility index (Phi) is 5.08. The molecule has 102 valence electrons. The van der Waals surface area contributed by atoms with Gasteiger partial charge < -0.3 is 9.73 Å². The molecule has 0 saturated heterocycles. The van der Waals surface area contributed by atoms with Gasteiger partial charge in [0.1, 0.15) is 5.76 Å². The van der Waals surface area contributed by atoms with Crippen molar-refractivity contribution >= 4 is 27.5 Å². The fraction of sp³-hybridized carbons (Fsp3) is 0.333. The average Bonchev–Trinajstić information content (AvgIpc) is 2.84. The Morgan fingerprint density at radius 1 is 1.21 bits per heavy atom. The van der Waals surface area contributed by atoms with E-state index in [0.717, 1.165) is 21.9 Å².